The van der Waals surface area contributed by atoms with Crippen LogP contribution < -0.4 is 0 Å². The lowest BCUT2D eigenvalue weighted by Crippen LogP contribution is -2.48. The second-order valence-electron chi connectivity index (χ2n) is 7.85. The smallest absolute Gasteiger partial charge is 0.271 e. The van der Waals surface area contributed by atoms with Crippen LogP contribution in [0.2, 0.25) is 0 Å². The van der Waals surface area contributed by atoms with Crippen LogP contribution in [-0.2, 0) is 4.79 Å². The number of amides is 2. The number of thiazole rings is 1. The molecule has 2 amide bonds. The molecular formula is C21H22N4O2S. The first-order chi connectivity index (χ1) is 13.6. The van der Waals surface area contributed by atoms with Crippen LogP contribution in [0.5, 0.6) is 0 Å². The van der Waals surface area contributed by atoms with Crippen LogP contribution in [-0.4, -0.2) is 57.7 Å². The molecule has 2 saturated heterocycles. The minimum Gasteiger partial charge on any atom is -0.345 e. The van der Waals surface area contributed by atoms with Gasteiger partial charge in [-0.25, -0.2) is 4.98 Å². The van der Waals surface area contributed by atoms with Crippen LogP contribution >= 0.6 is 11.3 Å². The van der Waals surface area contributed by atoms with E-state index in [2.05, 4.69) is 4.98 Å². The third-order valence-corrected chi connectivity index (χ3v) is 6.93. The SMILES string of the molecule is CN1CCC[C@@]2(CCN(C(=O)c3csc4nc(-c5ccccc5)cn34)C2)C1=O. The van der Waals surface area contributed by atoms with Gasteiger partial charge in [0.05, 0.1) is 11.1 Å². The maximum atomic E-state index is 13.2. The van der Waals surface area contributed by atoms with Gasteiger partial charge in [-0.15, -0.1) is 11.3 Å². The molecule has 1 aromatic carbocycles. The van der Waals surface area contributed by atoms with Gasteiger partial charge in [-0.1, -0.05) is 30.3 Å². The van der Waals surface area contributed by atoms with Crippen LogP contribution in [0, 0.1) is 5.41 Å². The van der Waals surface area contributed by atoms with E-state index in [1.165, 1.54) is 11.3 Å². The van der Waals surface area contributed by atoms with Crippen molar-refractivity contribution in [3.05, 3.63) is 47.6 Å². The van der Waals surface area contributed by atoms with Gasteiger partial charge >= 0.3 is 0 Å². The molecule has 2 aromatic heterocycles. The molecule has 144 valence electrons. The summed E-state index contributed by atoms with van der Waals surface area (Å²) in [5.41, 5.74) is 2.14. The average molecular weight is 395 g/mol. The Labute approximate surface area is 167 Å². The third kappa shape index (κ3) is 2.64. The number of hydrogen-bond acceptors (Lipinski definition) is 4. The van der Waals surface area contributed by atoms with Gasteiger partial charge in [0.15, 0.2) is 4.96 Å². The maximum Gasteiger partial charge on any atom is 0.271 e. The minimum atomic E-state index is -0.387. The Bertz CT molecular complexity index is 1060. The lowest BCUT2D eigenvalue weighted by Gasteiger charge is -2.37. The van der Waals surface area contributed by atoms with Gasteiger partial charge in [0.1, 0.15) is 5.69 Å². The summed E-state index contributed by atoms with van der Waals surface area (Å²) in [6, 6.07) is 9.98. The first-order valence-corrected chi connectivity index (χ1v) is 10.5. The molecule has 28 heavy (non-hydrogen) atoms. The van der Waals surface area contributed by atoms with E-state index >= 15 is 0 Å². The van der Waals surface area contributed by atoms with Crippen molar-refractivity contribution in [2.75, 3.05) is 26.7 Å². The summed E-state index contributed by atoms with van der Waals surface area (Å²) >= 11 is 1.47. The van der Waals surface area contributed by atoms with E-state index < -0.39 is 0 Å². The maximum absolute atomic E-state index is 13.2. The van der Waals surface area contributed by atoms with Crippen molar-refractivity contribution in [1.29, 1.82) is 0 Å². The first kappa shape index (κ1) is 17.4. The molecule has 2 fully saturated rings. The van der Waals surface area contributed by atoms with Gasteiger partial charge in [0.25, 0.3) is 5.91 Å². The quantitative estimate of drug-likeness (QED) is 0.671. The van der Waals surface area contributed by atoms with Crippen LogP contribution in [0.25, 0.3) is 16.2 Å². The van der Waals surface area contributed by atoms with Gasteiger partial charge in [-0.2, -0.15) is 0 Å². The molecule has 1 spiro atoms. The van der Waals surface area contributed by atoms with Gasteiger partial charge < -0.3 is 9.80 Å². The number of nitrogens with zero attached hydrogens (tertiary/aromatic N) is 4. The normalized spacial score (nSPS) is 22.5. The first-order valence-electron chi connectivity index (χ1n) is 9.64. The Morgan fingerprint density at radius 1 is 1.18 bits per heavy atom. The summed E-state index contributed by atoms with van der Waals surface area (Å²) in [6.07, 6.45) is 4.57. The number of carbonyl (C=O) groups is 2. The minimum absolute atomic E-state index is 0.0128. The van der Waals surface area contributed by atoms with Gasteiger partial charge in [0.2, 0.25) is 5.91 Å². The fraction of sp³-hybridized carbons (Fsp3) is 0.381. The number of rotatable bonds is 2. The van der Waals surface area contributed by atoms with E-state index in [4.69, 9.17) is 0 Å². The molecule has 6 nitrogen and oxygen atoms in total. The Hall–Kier alpha value is -2.67. The van der Waals surface area contributed by atoms with E-state index in [1.807, 2.05) is 63.2 Å². The Kier molecular flexibility index (Phi) is 4.01. The van der Waals surface area contributed by atoms with E-state index in [0.717, 1.165) is 42.0 Å². The fourth-order valence-corrected chi connectivity index (χ4v) is 5.39. The number of hydrogen-bond donors (Lipinski definition) is 0. The Balaban J connectivity index is 1.42. The van der Waals surface area contributed by atoms with Crippen LogP contribution in [0.15, 0.2) is 41.9 Å². The lowest BCUT2D eigenvalue weighted by atomic mass is 9.78. The fourth-order valence-electron chi connectivity index (χ4n) is 4.54. The second kappa shape index (κ2) is 6.44. The van der Waals surface area contributed by atoms with E-state index in [1.54, 1.807) is 0 Å². The lowest BCUT2D eigenvalue weighted by molar-refractivity contribution is -0.143. The highest BCUT2D eigenvalue weighted by molar-refractivity contribution is 7.15. The molecule has 0 bridgehead atoms. The molecule has 3 aromatic rings. The van der Waals surface area contributed by atoms with E-state index in [-0.39, 0.29) is 17.2 Å². The standard InChI is InChI=1S/C21H22N4O2S/c1-23-10-5-8-21(19(23)27)9-11-24(14-21)18(26)17-13-28-20-22-16(12-25(17)20)15-6-3-2-4-7-15/h2-4,6-7,12-13H,5,8-11,14H2,1H3/t21-/m0/s1. The third-order valence-electron chi connectivity index (χ3n) is 6.09. The zero-order chi connectivity index (χ0) is 19.3. The highest BCUT2D eigenvalue weighted by Crippen LogP contribution is 2.40. The summed E-state index contributed by atoms with van der Waals surface area (Å²) in [5, 5.41) is 1.87. The van der Waals surface area contributed by atoms with Crippen molar-refractivity contribution in [2.24, 2.45) is 5.41 Å². The average Bonchev–Trinajstić information content (AvgIpc) is 3.41. The summed E-state index contributed by atoms with van der Waals surface area (Å²) in [4.78, 5) is 35.1. The summed E-state index contributed by atoms with van der Waals surface area (Å²) < 4.78 is 1.88. The van der Waals surface area contributed by atoms with Crippen LogP contribution in [0.4, 0.5) is 0 Å². The van der Waals surface area contributed by atoms with Crippen LogP contribution in [0.1, 0.15) is 29.8 Å². The molecule has 4 heterocycles. The van der Waals surface area contributed by atoms with Crippen molar-refractivity contribution in [3.8, 4) is 11.3 Å². The summed E-state index contributed by atoms with van der Waals surface area (Å²) in [6.45, 7) is 1.97. The Morgan fingerprint density at radius 3 is 2.82 bits per heavy atom. The van der Waals surface area contributed by atoms with Gasteiger partial charge in [-0.3, -0.25) is 14.0 Å². The number of fused-ring (bicyclic) bond motifs is 1. The van der Waals surface area contributed by atoms with Crippen molar-refractivity contribution in [1.82, 2.24) is 19.2 Å². The van der Waals surface area contributed by atoms with Crippen molar-refractivity contribution >= 4 is 28.1 Å². The highest BCUT2D eigenvalue weighted by atomic mass is 32.1. The van der Waals surface area contributed by atoms with Crippen LogP contribution in [0.3, 0.4) is 0 Å². The van der Waals surface area contributed by atoms with Crippen molar-refractivity contribution in [2.45, 2.75) is 19.3 Å². The van der Waals surface area contributed by atoms with Gasteiger partial charge in [0, 0.05) is 43.8 Å². The molecule has 0 unspecified atom stereocenters. The molecule has 0 radical (unpaired) electrons. The number of benzene rings is 1. The largest absolute Gasteiger partial charge is 0.345 e. The number of aromatic nitrogens is 2. The number of imidazole rings is 1. The molecular weight excluding hydrogens is 372 g/mol. The molecule has 5 rings (SSSR count). The number of piperidine rings is 1. The Morgan fingerprint density at radius 2 is 2.00 bits per heavy atom. The molecule has 0 saturated carbocycles. The topological polar surface area (TPSA) is 57.9 Å². The zero-order valence-electron chi connectivity index (χ0n) is 15.8. The summed E-state index contributed by atoms with van der Waals surface area (Å²) in [7, 11) is 1.87. The van der Waals surface area contributed by atoms with Crippen molar-refractivity contribution < 1.29 is 9.59 Å². The number of likely N-dealkylation sites (tertiary alicyclic amines) is 2. The molecule has 1 atom stereocenters. The molecule has 2 aliphatic rings. The number of carbonyl (C=O) groups excluding carboxylic acids is 2. The predicted octanol–water partition coefficient (Wildman–Crippen LogP) is 3.15. The van der Waals surface area contributed by atoms with Crippen molar-refractivity contribution in [3.63, 3.8) is 0 Å². The molecule has 2 aliphatic heterocycles. The van der Waals surface area contributed by atoms with E-state index in [9.17, 15) is 9.59 Å². The molecule has 0 N–H and O–H groups in total. The van der Waals surface area contributed by atoms with Gasteiger partial charge in [-0.05, 0) is 19.3 Å². The second-order valence-corrected chi connectivity index (χ2v) is 8.69. The monoisotopic (exact) mass is 394 g/mol. The highest BCUT2D eigenvalue weighted by Gasteiger charge is 2.48. The molecule has 0 aliphatic carbocycles. The summed E-state index contributed by atoms with van der Waals surface area (Å²) in [5.74, 6) is 0.180. The molecule has 7 heteroatoms. The predicted molar refractivity (Wildman–Crippen MR) is 108 cm³/mol. The zero-order valence-corrected chi connectivity index (χ0v) is 16.6. The van der Waals surface area contributed by atoms with E-state index in [0.29, 0.717) is 18.8 Å².